The number of halogens is 1. The van der Waals surface area contributed by atoms with Gasteiger partial charge in [0.1, 0.15) is 6.10 Å². The SMILES string of the molecule is Brc1ccc(C2=C[C@@H](CN3CCCC3)ON2)nc1. The highest BCUT2D eigenvalue weighted by atomic mass is 79.9. The van der Waals surface area contributed by atoms with Crippen molar-refractivity contribution in [2.24, 2.45) is 0 Å². The molecule has 0 aromatic carbocycles. The van der Waals surface area contributed by atoms with Crippen molar-refractivity contribution in [2.45, 2.75) is 18.9 Å². The number of likely N-dealkylation sites (tertiary alicyclic amines) is 1. The van der Waals surface area contributed by atoms with E-state index in [1.165, 1.54) is 25.9 Å². The lowest BCUT2D eigenvalue weighted by Crippen LogP contribution is -2.30. The van der Waals surface area contributed by atoms with Crippen LogP contribution in [0.4, 0.5) is 0 Å². The molecule has 1 fully saturated rings. The molecule has 18 heavy (non-hydrogen) atoms. The van der Waals surface area contributed by atoms with Crippen LogP contribution in [0.5, 0.6) is 0 Å². The molecule has 1 saturated heterocycles. The molecule has 5 heteroatoms. The first-order valence-electron chi connectivity index (χ1n) is 6.29. The fraction of sp³-hybridized carbons (Fsp3) is 0.462. The molecule has 0 aliphatic carbocycles. The topological polar surface area (TPSA) is 37.4 Å². The molecule has 96 valence electrons. The zero-order chi connectivity index (χ0) is 12.4. The second-order valence-electron chi connectivity index (χ2n) is 4.71. The van der Waals surface area contributed by atoms with Crippen molar-refractivity contribution in [1.29, 1.82) is 0 Å². The highest BCUT2D eigenvalue weighted by Gasteiger charge is 2.22. The third kappa shape index (κ3) is 2.74. The molecule has 1 N–H and O–H groups in total. The molecule has 2 aliphatic rings. The third-order valence-electron chi connectivity index (χ3n) is 3.31. The number of hydrogen-bond acceptors (Lipinski definition) is 4. The average molecular weight is 310 g/mol. The Morgan fingerprint density at radius 3 is 2.94 bits per heavy atom. The average Bonchev–Trinajstić information content (AvgIpc) is 3.02. The Balaban J connectivity index is 1.65. The normalized spacial score (nSPS) is 24.1. The van der Waals surface area contributed by atoms with E-state index in [-0.39, 0.29) is 6.10 Å². The standard InChI is InChI=1S/C13H16BrN3O/c14-10-3-4-12(15-8-10)13-7-11(18-16-13)9-17-5-1-2-6-17/h3-4,7-8,11,16H,1-2,5-6,9H2/t11-/m0/s1. The monoisotopic (exact) mass is 309 g/mol. The van der Waals surface area contributed by atoms with E-state index in [0.29, 0.717) is 0 Å². The summed E-state index contributed by atoms with van der Waals surface area (Å²) in [6.07, 6.45) is 6.67. The van der Waals surface area contributed by atoms with E-state index in [1.807, 2.05) is 12.1 Å². The maximum Gasteiger partial charge on any atom is 0.119 e. The number of nitrogens with zero attached hydrogens (tertiary/aromatic N) is 2. The van der Waals surface area contributed by atoms with E-state index in [2.05, 4.69) is 37.4 Å². The van der Waals surface area contributed by atoms with Gasteiger partial charge in [0.25, 0.3) is 0 Å². The lowest BCUT2D eigenvalue weighted by Gasteiger charge is -2.17. The zero-order valence-electron chi connectivity index (χ0n) is 10.1. The smallest absolute Gasteiger partial charge is 0.119 e. The highest BCUT2D eigenvalue weighted by Crippen LogP contribution is 2.19. The largest absolute Gasteiger partial charge is 0.300 e. The summed E-state index contributed by atoms with van der Waals surface area (Å²) in [6.45, 7) is 3.35. The summed E-state index contributed by atoms with van der Waals surface area (Å²) in [4.78, 5) is 12.4. The van der Waals surface area contributed by atoms with Crippen LogP contribution in [0.1, 0.15) is 18.5 Å². The van der Waals surface area contributed by atoms with Crippen molar-refractivity contribution in [3.05, 3.63) is 34.6 Å². The van der Waals surface area contributed by atoms with Gasteiger partial charge in [-0.15, -0.1) is 0 Å². The van der Waals surface area contributed by atoms with Crippen LogP contribution in [0.2, 0.25) is 0 Å². The van der Waals surface area contributed by atoms with Crippen LogP contribution in [-0.2, 0) is 4.84 Å². The summed E-state index contributed by atoms with van der Waals surface area (Å²) in [5, 5.41) is 0. The summed E-state index contributed by atoms with van der Waals surface area (Å²) >= 11 is 3.38. The molecule has 3 rings (SSSR count). The molecule has 3 heterocycles. The number of nitrogens with one attached hydrogen (secondary N) is 1. The van der Waals surface area contributed by atoms with Gasteiger partial charge in [0.2, 0.25) is 0 Å². The molecule has 4 nitrogen and oxygen atoms in total. The Morgan fingerprint density at radius 2 is 2.22 bits per heavy atom. The second-order valence-corrected chi connectivity index (χ2v) is 5.62. The van der Waals surface area contributed by atoms with Crippen LogP contribution in [-0.4, -0.2) is 35.6 Å². The Labute approximate surface area is 115 Å². The molecule has 0 radical (unpaired) electrons. The van der Waals surface area contributed by atoms with Gasteiger partial charge < -0.3 is 4.90 Å². The van der Waals surface area contributed by atoms with Gasteiger partial charge in [0, 0.05) is 17.2 Å². The number of rotatable bonds is 3. The summed E-state index contributed by atoms with van der Waals surface area (Å²) in [5.41, 5.74) is 4.86. The molecule has 0 saturated carbocycles. The minimum absolute atomic E-state index is 0.128. The number of hydrogen-bond donors (Lipinski definition) is 1. The van der Waals surface area contributed by atoms with E-state index < -0.39 is 0 Å². The number of pyridine rings is 1. The van der Waals surface area contributed by atoms with E-state index in [4.69, 9.17) is 4.84 Å². The second kappa shape index (κ2) is 5.38. The molecule has 2 aliphatic heterocycles. The zero-order valence-corrected chi connectivity index (χ0v) is 11.7. The quantitative estimate of drug-likeness (QED) is 0.928. The van der Waals surface area contributed by atoms with Gasteiger partial charge in [0.15, 0.2) is 0 Å². The van der Waals surface area contributed by atoms with Crippen molar-refractivity contribution < 1.29 is 4.84 Å². The number of hydroxylamine groups is 1. The van der Waals surface area contributed by atoms with Gasteiger partial charge >= 0.3 is 0 Å². The maximum absolute atomic E-state index is 5.58. The predicted molar refractivity (Wildman–Crippen MR) is 73.6 cm³/mol. The Hall–Kier alpha value is -0.910. The molecular formula is C13H16BrN3O. The molecular weight excluding hydrogens is 294 g/mol. The van der Waals surface area contributed by atoms with Crippen LogP contribution in [0, 0.1) is 0 Å². The van der Waals surface area contributed by atoms with Crippen LogP contribution < -0.4 is 5.48 Å². The molecule has 1 aromatic rings. The third-order valence-corrected chi connectivity index (χ3v) is 3.78. The van der Waals surface area contributed by atoms with Crippen molar-refractivity contribution in [3.63, 3.8) is 0 Å². The van der Waals surface area contributed by atoms with E-state index in [0.717, 1.165) is 22.4 Å². The fourth-order valence-corrected chi connectivity index (χ4v) is 2.61. The summed E-state index contributed by atoms with van der Waals surface area (Å²) in [7, 11) is 0. The van der Waals surface area contributed by atoms with Crippen molar-refractivity contribution >= 4 is 21.6 Å². The minimum Gasteiger partial charge on any atom is -0.300 e. The molecule has 0 spiro atoms. The van der Waals surface area contributed by atoms with Crippen molar-refractivity contribution in [3.8, 4) is 0 Å². The molecule has 0 amide bonds. The molecule has 1 aromatic heterocycles. The van der Waals surface area contributed by atoms with Crippen LogP contribution in [0.3, 0.4) is 0 Å². The van der Waals surface area contributed by atoms with Gasteiger partial charge in [-0.2, -0.15) is 0 Å². The first-order valence-corrected chi connectivity index (χ1v) is 7.08. The van der Waals surface area contributed by atoms with Crippen molar-refractivity contribution in [1.82, 2.24) is 15.4 Å². The molecule has 1 atom stereocenters. The van der Waals surface area contributed by atoms with Crippen LogP contribution in [0.15, 0.2) is 28.9 Å². The Morgan fingerprint density at radius 1 is 1.39 bits per heavy atom. The minimum atomic E-state index is 0.128. The fourth-order valence-electron chi connectivity index (χ4n) is 2.38. The van der Waals surface area contributed by atoms with Gasteiger partial charge in [0.05, 0.1) is 11.4 Å². The summed E-state index contributed by atoms with van der Waals surface area (Å²) < 4.78 is 0.986. The van der Waals surface area contributed by atoms with Gasteiger partial charge in [-0.25, -0.2) is 0 Å². The van der Waals surface area contributed by atoms with E-state index >= 15 is 0 Å². The van der Waals surface area contributed by atoms with Gasteiger partial charge in [-0.3, -0.25) is 15.3 Å². The van der Waals surface area contributed by atoms with Crippen LogP contribution in [0.25, 0.3) is 5.70 Å². The first kappa shape index (κ1) is 12.1. The maximum atomic E-state index is 5.58. The Bertz CT molecular complexity index is 440. The number of aromatic nitrogens is 1. The van der Waals surface area contributed by atoms with Gasteiger partial charge in [-0.1, -0.05) is 0 Å². The summed E-state index contributed by atoms with van der Waals surface area (Å²) in [5.74, 6) is 0. The summed E-state index contributed by atoms with van der Waals surface area (Å²) in [6, 6.07) is 3.96. The lowest BCUT2D eigenvalue weighted by atomic mass is 10.2. The van der Waals surface area contributed by atoms with Gasteiger partial charge in [-0.05, 0) is 60.1 Å². The molecule has 0 unspecified atom stereocenters. The first-order chi connectivity index (χ1) is 8.81. The highest BCUT2D eigenvalue weighted by molar-refractivity contribution is 9.10. The van der Waals surface area contributed by atoms with E-state index in [9.17, 15) is 0 Å². The Kier molecular flexibility index (Phi) is 3.63. The lowest BCUT2D eigenvalue weighted by molar-refractivity contribution is 0.0326. The molecule has 0 bridgehead atoms. The predicted octanol–water partition coefficient (Wildman–Crippen LogP) is 2.18. The van der Waals surface area contributed by atoms with E-state index in [1.54, 1.807) is 6.20 Å². The van der Waals surface area contributed by atoms with Crippen molar-refractivity contribution in [2.75, 3.05) is 19.6 Å². The van der Waals surface area contributed by atoms with Crippen LogP contribution >= 0.6 is 15.9 Å².